The van der Waals surface area contributed by atoms with E-state index in [1.807, 2.05) is 0 Å². The van der Waals surface area contributed by atoms with Gasteiger partial charge in [0.05, 0.1) is 13.0 Å². The molecular formula is C10H15N5O3. The fourth-order valence-corrected chi connectivity index (χ4v) is 2.07. The van der Waals surface area contributed by atoms with Crippen LogP contribution in [0.2, 0.25) is 0 Å². The molecule has 3 N–H and O–H groups in total. The number of piperidine rings is 1. The summed E-state index contributed by atoms with van der Waals surface area (Å²) < 4.78 is 4.70. The number of nitrogens with two attached hydrogens (primary N) is 1. The first-order valence-corrected chi connectivity index (χ1v) is 5.66. The average molecular weight is 253 g/mol. The number of H-pyrrole nitrogens is 1. The topological polar surface area (TPSA) is 114 Å². The van der Waals surface area contributed by atoms with E-state index in [0.29, 0.717) is 13.1 Å². The van der Waals surface area contributed by atoms with Gasteiger partial charge >= 0.3 is 5.97 Å². The van der Waals surface area contributed by atoms with Crippen molar-refractivity contribution >= 4 is 17.7 Å². The Morgan fingerprint density at radius 2 is 2.28 bits per heavy atom. The second-order valence-electron chi connectivity index (χ2n) is 4.17. The number of nitrogen functional groups attached to an aromatic ring is 1. The lowest BCUT2D eigenvalue weighted by Crippen LogP contribution is -2.43. The van der Waals surface area contributed by atoms with Gasteiger partial charge in [0.1, 0.15) is 0 Å². The van der Waals surface area contributed by atoms with Gasteiger partial charge in [0.2, 0.25) is 0 Å². The molecule has 8 nitrogen and oxygen atoms in total. The van der Waals surface area contributed by atoms with Gasteiger partial charge in [-0.1, -0.05) is 0 Å². The van der Waals surface area contributed by atoms with Gasteiger partial charge < -0.3 is 15.4 Å². The molecule has 98 valence electrons. The molecule has 2 heterocycles. The summed E-state index contributed by atoms with van der Waals surface area (Å²) in [6, 6.07) is 0. The maximum absolute atomic E-state index is 12.1. The van der Waals surface area contributed by atoms with Gasteiger partial charge in [-0.05, 0) is 12.8 Å². The number of aromatic nitrogens is 3. The van der Waals surface area contributed by atoms with E-state index in [4.69, 9.17) is 10.5 Å². The van der Waals surface area contributed by atoms with Gasteiger partial charge in [-0.25, -0.2) is 0 Å². The van der Waals surface area contributed by atoms with Crippen LogP contribution in [0.25, 0.3) is 0 Å². The van der Waals surface area contributed by atoms with Gasteiger partial charge in [-0.2, -0.15) is 5.21 Å². The summed E-state index contributed by atoms with van der Waals surface area (Å²) >= 11 is 0. The van der Waals surface area contributed by atoms with Crippen molar-refractivity contribution in [3.8, 4) is 0 Å². The van der Waals surface area contributed by atoms with E-state index in [1.54, 1.807) is 4.90 Å². The molecule has 2 rings (SSSR count). The molecule has 0 aromatic carbocycles. The molecule has 0 bridgehead atoms. The lowest BCUT2D eigenvalue weighted by Gasteiger charge is -2.30. The van der Waals surface area contributed by atoms with E-state index in [0.717, 1.165) is 12.8 Å². The van der Waals surface area contributed by atoms with Gasteiger partial charge in [0.25, 0.3) is 5.91 Å². The van der Waals surface area contributed by atoms with Crippen LogP contribution in [-0.4, -0.2) is 52.4 Å². The number of rotatable bonds is 2. The van der Waals surface area contributed by atoms with Crippen molar-refractivity contribution in [2.75, 3.05) is 25.9 Å². The molecule has 0 radical (unpaired) electrons. The lowest BCUT2D eigenvalue weighted by atomic mass is 9.98. The van der Waals surface area contributed by atoms with Crippen LogP contribution in [0.5, 0.6) is 0 Å². The van der Waals surface area contributed by atoms with E-state index in [2.05, 4.69) is 15.4 Å². The second-order valence-corrected chi connectivity index (χ2v) is 4.17. The number of nitrogens with zero attached hydrogens (tertiary/aromatic N) is 3. The summed E-state index contributed by atoms with van der Waals surface area (Å²) in [7, 11) is 1.35. The molecule has 1 amide bonds. The summed E-state index contributed by atoms with van der Waals surface area (Å²) in [6.45, 7) is 0.913. The number of esters is 1. The number of likely N-dealkylation sites (tertiary alicyclic amines) is 1. The number of ether oxygens (including phenoxy) is 1. The number of amides is 1. The van der Waals surface area contributed by atoms with Crippen LogP contribution in [0, 0.1) is 5.92 Å². The zero-order valence-electron chi connectivity index (χ0n) is 10.0. The summed E-state index contributed by atoms with van der Waals surface area (Å²) in [5.74, 6) is -0.809. The average Bonchev–Trinajstić information content (AvgIpc) is 2.83. The molecular weight excluding hydrogens is 238 g/mol. The summed E-state index contributed by atoms with van der Waals surface area (Å²) in [6.07, 6.45) is 1.48. The van der Waals surface area contributed by atoms with Crippen LogP contribution in [0.1, 0.15) is 23.3 Å². The molecule has 1 fully saturated rings. The van der Waals surface area contributed by atoms with Crippen molar-refractivity contribution in [3.63, 3.8) is 0 Å². The number of aromatic amines is 1. The second kappa shape index (κ2) is 5.03. The van der Waals surface area contributed by atoms with Crippen molar-refractivity contribution in [1.29, 1.82) is 0 Å². The highest BCUT2D eigenvalue weighted by Crippen LogP contribution is 2.20. The molecule has 1 aromatic heterocycles. The zero-order chi connectivity index (χ0) is 13.1. The van der Waals surface area contributed by atoms with Crippen LogP contribution < -0.4 is 5.73 Å². The van der Waals surface area contributed by atoms with Crippen molar-refractivity contribution < 1.29 is 14.3 Å². The molecule has 1 aromatic rings. The quantitative estimate of drug-likeness (QED) is 0.681. The zero-order valence-corrected chi connectivity index (χ0v) is 10.0. The molecule has 0 spiro atoms. The largest absolute Gasteiger partial charge is 0.469 e. The number of nitrogens with one attached hydrogen (secondary N) is 1. The maximum Gasteiger partial charge on any atom is 0.310 e. The number of methoxy groups -OCH3 is 1. The number of hydrogen-bond donors (Lipinski definition) is 2. The molecule has 8 heteroatoms. The van der Waals surface area contributed by atoms with E-state index >= 15 is 0 Å². The van der Waals surface area contributed by atoms with Crippen molar-refractivity contribution in [2.24, 2.45) is 5.92 Å². The van der Waals surface area contributed by atoms with E-state index in [-0.39, 0.29) is 29.3 Å². The van der Waals surface area contributed by atoms with Crippen LogP contribution in [0.3, 0.4) is 0 Å². The fraction of sp³-hybridized carbons (Fsp3) is 0.600. The van der Waals surface area contributed by atoms with Gasteiger partial charge in [-0.3, -0.25) is 9.59 Å². The standard InChI is InChI=1S/C10H15N5O3/c1-18-10(17)6-3-2-4-15(5-6)9(16)7-8(11)13-14-12-7/h6H,2-5H2,1H3,(H3,11,12,13,14). The van der Waals surface area contributed by atoms with Gasteiger partial charge in [0, 0.05) is 13.1 Å². The van der Waals surface area contributed by atoms with E-state index < -0.39 is 0 Å². The molecule has 1 aliphatic rings. The first-order chi connectivity index (χ1) is 8.63. The first kappa shape index (κ1) is 12.3. The number of hydrogen-bond acceptors (Lipinski definition) is 6. The minimum Gasteiger partial charge on any atom is -0.469 e. The van der Waals surface area contributed by atoms with Gasteiger partial charge in [0.15, 0.2) is 11.5 Å². The molecule has 0 aliphatic carbocycles. The van der Waals surface area contributed by atoms with Crippen molar-refractivity contribution in [2.45, 2.75) is 12.8 Å². The maximum atomic E-state index is 12.1. The monoisotopic (exact) mass is 253 g/mol. The Hall–Kier alpha value is -2.12. The molecule has 1 unspecified atom stereocenters. The van der Waals surface area contributed by atoms with Gasteiger partial charge in [-0.15, -0.1) is 10.2 Å². The Morgan fingerprint density at radius 1 is 1.50 bits per heavy atom. The van der Waals surface area contributed by atoms with Crippen molar-refractivity contribution in [3.05, 3.63) is 5.69 Å². The Labute approximate surface area is 103 Å². The van der Waals surface area contributed by atoms with Crippen LogP contribution in [-0.2, 0) is 9.53 Å². The highest BCUT2D eigenvalue weighted by atomic mass is 16.5. The predicted molar refractivity (Wildman–Crippen MR) is 61.4 cm³/mol. The molecule has 0 saturated carbocycles. The predicted octanol–water partition coefficient (Wildman–Crippen LogP) is -0.588. The fourth-order valence-electron chi connectivity index (χ4n) is 2.07. The van der Waals surface area contributed by atoms with Crippen LogP contribution >= 0.6 is 0 Å². The molecule has 18 heavy (non-hydrogen) atoms. The summed E-state index contributed by atoms with van der Waals surface area (Å²) in [5.41, 5.74) is 5.62. The molecule has 1 atom stereocenters. The van der Waals surface area contributed by atoms with E-state index in [9.17, 15) is 9.59 Å². The Kier molecular flexibility index (Phi) is 3.45. The third-order valence-corrected chi connectivity index (χ3v) is 3.02. The minimum atomic E-state index is -0.310. The Bertz CT molecular complexity index is 458. The third-order valence-electron chi connectivity index (χ3n) is 3.02. The smallest absolute Gasteiger partial charge is 0.310 e. The highest BCUT2D eigenvalue weighted by Gasteiger charge is 2.31. The van der Waals surface area contributed by atoms with Crippen LogP contribution in [0.15, 0.2) is 0 Å². The SMILES string of the molecule is COC(=O)C1CCCN(C(=O)c2n[nH]nc2N)C1. The minimum absolute atomic E-state index is 0.0696. The summed E-state index contributed by atoms with van der Waals surface area (Å²) in [4.78, 5) is 25.1. The number of anilines is 1. The highest BCUT2D eigenvalue weighted by molar-refractivity contribution is 5.96. The third kappa shape index (κ3) is 2.27. The van der Waals surface area contributed by atoms with Crippen molar-refractivity contribution in [1.82, 2.24) is 20.3 Å². The molecule has 1 aliphatic heterocycles. The van der Waals surface area contributed by atoms with Crippen LogP contribution in [0.4, 0.5) is 5.82 Å². The number of carbonyl (C=O) groups excluding carboxylic acids is 2. The molecule has 1 saturated heterocycles. The Morgan fingerprint density at radius 3 is 2.89 bits per heavy atom. The lowest BCUT2D eigenvalue weighted by molar-refractivity contribution is -0.146. The normalized spacial score (nSPS) is 19.6. The first-order valence-electron chi connectivity index (χ1n) is 5.66. The Balaban J connectivity index is 2.07. The summed E-state index contributed by atoms with van der Waals surface area (Å²) in [5, 5.41) is 9.62. The van der Waals surface area contributed by atoms with E-state index in [1.165, 1.54) is 7.11 Å². The number of carbonyl (C=O) groups is 2.